The third kappa shape index (κ3) is 4.47. The van der Waals surface area contributed by atoms with Crippen LogP contribution in [0.1, 0.15) is 49.9 Å². The second kappa shape index (κ2) is 8.79. The van der Waals surface area contributed by atoms with Gasteiger partial charge in [0.25, 0.3) is 0 Å². The summed E-state index contributed by atoms with van der Waals surface area (Å²) in [6.45, 7) is 7.27. The Morgan fingerprint density at radius 2 is 1.73 bits per heavy atom. The molecule has 1 fully saturated rings. The third-order valence-corrected chi connectivity index (χ3v) is 3.86. The Morgan fingerprint density at radius 1 is 1.09 bits per heavy atom. The fraction of sp³-hybridized carbons (Fsp3) is 0.611. The first-order valence-electron chi connectivity index (χ1n) is 8.40. The summed E-state index contributed by atoms with van der Waals surface area (Å²) in [6.07, 6.45) is 3.71. The van der Waals surface area contributed by atoms with Gasteiger partial charge in [-0.1, -0.05) is 13.8 Å². The van der Waals surface area contributed by atoms with Gasteiger partial charge in [0.1, 0.15) is 0 Å². The Labute approximate surface area is 133 Å². The molecule has 0 unspecified atom stereocenters. The molecule has 1 aromatic rings. The topological polar surface area (TPSA) is 47.6 Å². The van der Waals surface area contributed by atoms with Crippen molar-refractivity contribution >= 4 is 5.78 Å². The van der Waals surface area contributed by atoms with Crippen LogP contribution < -0.4 is 14.8 Å². The predicted octanol–water partition coefficient (Wildman–Crippen LogP) is 3.45. The summed E-state index contributed by atoms with van der Waals surface area (Å²) in [7, 11) is 0. The van der Waals surface area contributed by atoms with E-state index in [1.54, 1.807) is 0 Å². The van der Waals surface area contributed by atoms with Crippen LogP contribution in [-0.4, -0.2) is 32.1 Å². The zero-order chi connectivity index (χ0) is 15.8. The largest absolute Gasteiger partial charge is 0.490 e. The van der Waals surface area contributed by atoms with E-state index in [1.807, 2.05) is 18.2 Å². The molecule has 4 nitrogen and oxygen atoms in total. The van der Waals surface area contributed by atoms with Crippen molar-refractivity contribution in [3.05, 3.63) is 23.8 Å². The lowest BCUT2D eigenvalue weighted by molar-refractivity contribution is 0.0894. The Kier molecular flexibility index (Phi) is 6.72. The molecule has 0 atom stereocenters. The van der Waals surface area contributed by atoms with Gasteiger partial charge >= 0.3 is 0 Å². The molecule has 0 aromatic heterocycles. The maximum atomic E-state index is 12.6. The van der Waals surface area contributed by atoms with Crippen molar-refractivity contribution in [2.45, 2.75) is 39.5 Å². The number of ether oxygens (including phenoxy) is 2. The molecule has 0 saturated carbocycles. The molecule has 0 spiro atoms. The lowest BCUT2D eigenvalue weighted by atomic mass is 9.89. The normalized spacial score (nSPS) is 15.5. The molecule has 122 valence electrons. The summed E-state index contributed by atoms with van der Waals surface area (Å²) in [6, 6.07) is 5.59. The second-order valence-corrected chi connectivity index (χ2v) is 5.75. The van der Waals surface area contributed by atoms with E-state index in [1.165, 1.54) is 0 Å². The Balaban J connectivity index is 2.15. The smallest absolute Gasteiger partial charge is 0.166 e. The van der Waals surface area contributed by atoms with E-state index in [4.69, 9.17) is 9.47 Å². The van der Waals surface area contributed by atoms with E-state index in [0.717, 1.165) is 50.1 Å². The number of hydrogen-bond acceptors (Lipinski definition) is 4. The number of piperidine rings is 1. The van der Waals surface area contributed by atoms with Crippen LogP contribution in [0.5, 0.6) is 11.5 Å². The first-order chi connectivity index (χ1) is 10.8. The van der Waals surface area contributed by atoms with Gasteiger partial charge in [-0.3, -0.25) is 4.79 Å². The van der Waals surface area contributed by atoms with E-state index in [2.05, 4.69) is 19.2 Å². The highest BCUT2D eigenvalue weighted by Crippen LogP contribution is 2.30. The molecule has 0 radical (unpaired) electrons. The SMILES string of the molecule is CCCOc1ccc(C(=O)C2CCNCC2)cc1OCCC. The minimum atomic E-state index is 0.127. The van der Waals surface area contributed by atoms with Gasteiger partial charge < -0.3 is 14.8 Å². The van der Waals surface area contributed by atoms with E-state index in [9.17, 15) is 4.79 Å². The Hall–Kier alpha value is -1.55. The third-order valence-electron chi connectivity index (χ3n) is 3.86. The maximum absolute atomic E-state index is 12.6. The zero-order valence-electron chi connectivity index (χ0n) is 13.7. The molecule has 0 bridgehead atoms. The minimum Gasteiger partial charge on any atom is -0.490 e. The number of ketones is 1. The average molecular weight is 305 g/mol. The van der Waals surface area contributed by atoms with Crippen LogP contribution in [0.15, 0.2) is 18.2 Å². The summed E-state index contributed by atoms with van der Waals surface area (Å²) in [5.74, 6) is 1.78. The fourth-order valence-corrected chi connectivity index (χ4v) is 2.64. The summed E-state index contributed by atoms with van der Waals surface area (Å²) >= 11 is 0. The number of nitrogens with one attached hydrogen (secondary N) is 1. The number of Topliss-reactive ketones (excluding diaryl/α,β-unsaturated/α-hetero) is 1. The van der Waals surface area contributed by atoms with E-state index in [0.29, 0.717) is 19.0 Å². The molecule has 4 heteroatoms. The average Bonchev–Trinajstić information content (AvgIpc) is 2.58. The highest BCUT2D eigenvalue weighted by molar-refractivity contribution is 5.98. The van der Waals surface area contributed by atoms with E-state index < -0.39 is 0 Å². The molecule has 2 rings (SSSR count). The number of carbonyl (C=O) groups excluding carboxylic acids is 1. The van der Waals surface area contributed by atoms with E-state index >= 15 is 0 Å². The maximum Gasteiger partial charge on any atom is 0.166 e. The van der Waals surface area contributed by atoms with Gasteiger partial charge in [0, 0.05) is 11.5 Å². The van der Waals surface area contributed by atoms with E-state index in [-0.39, 0.29) is 11.7 Å². The molecule has 0 aliphatic carbocycles. The first kappa shape index (κ1) is 16.8. The molecule has 1 aliphatic heterocycles. The number of carbonyl (C=O) groups is 1. The van der Waals surface area contributed by atoms with Gasteiger partial charge in [0.15, 0.2) is 17.3 Å². The molecule has 22 heavy (non-hydrogen) atoms. The quantitative estimate of drug-likeness (QED) is 0.747. The van der Waals surface area contributed by atoms with Gasteiger partial charge in [-0.25, -0.2) is 0 Å². The van der Waals surface area contributed by atoms with Crippen LogP contribution in [0, 0.1) is 5.92 Å². The van der Waals surface area contributed by atoms with Crippen LogP contribution in [0.2, 0.25) is 0 Å². The summed E-state index contributed by atoms with van der Waals surface area (Å²) in [5, 5.41) is 3.30. The second-order valence-electron chi connectivity index (χ2n) is 5.75. The van der Waals surface area contributed by atoms with Crippen molar-refractivity contribution in [3.8, 4) is 11.5 Å². The molecule has 0 amide bonds. The summed E-state index contributed by atoms with van der Waals surface area (Å²) in [5.41, 5.74) is 0.738. The number of hydrogen-bond donors (Lipinski definition) is 1. The van der Waals surface area contributed by atoms with Crippen LogP contribution in [0.4, 0.5) is 0 Å². The fourth-order valence-electron chi connectivity index (χ4n) is 2.64. The van der Waals surface area contributed by atoms with Crippen LogP contribution in [0.25, 0.3) is 0 Å². The molecule has 1 saturated heterocycles. The van der Waals surface area contributed by atoms with Crippen LogP contribution in [-0.2, 0) is 0 Å². The van der Waals surface area contributed by atoms with Crippen molar-refractivity contribution in [2.24, 2.45) is 5.92 Å². The molecule has 1 aliphatic rings. The van der Waals surface area contributed by atoms with Gasteiger partial charge in [0.05, 0.1) is 13.2 Å². The highest BCUT2D eigenvalue weighted by atomic mass is 16.5. The molecule has 1 N–H and O–H groups in total. The molecule has 1 heterocycles. The van der Waals surface area contributed by atoms with Gasteiger partial charge in [0.2, 0.25) is 0 Å². The number of benzene rings is 1. The molecule has 1 aromatic carbocycles. The summed E-state index contributed by atoms with van der Waals surface area (Å²) < 4.78 is 11.5. The van der Waals surface area contributed by atoms with Crippen LogP contribution >= 0.6 is 0 Å². The van der Waals surface area contributed by atoms with Gasteiger partial charge in [-0.15, -0.1) is 0 Å². The van der Waals surface area contributed by atoms with Crippen LogP contribution in [0.3, 0.4) is 0 Å². The minimum absolute atomic E-state index is 0.127. The number of rotatable bonds is 8. The monoisotopic (exact) mass is 305 g/mol. The van der Waals surface area contributed by atoms with Crippen molar-refractivity contribution < 1.29 is 14.3 Å². The Morgan fingerprint density at radius 3 is 2.36 bits per heavy atom. The lowest BCUT2D eigenvalue weighted by Crippen LogP contribution is -2.31. The summed E-state index contributed by atoms with van der Waals surface area (Å²) in [4.78, 5) is 12.6. The van der Waals surface area contributed by atoms with Crippen molar-refractivity contribution in [1.82, 2.24) is 5.32 Å². The Bertz CT molecular complexity index is 481. The first-order valence-corrected chi connectivity index (χ1v) is 8.40. The zero-order valence-corrected chi connectivity index (χ0v) is 13.7. The lowest BCUT2D eigenvalue weighted by Gasteiger charge is -2.22. The molecular weight excluding hydrogens is 278 g/mol. The molecular formula is C18H27NO3. The van der Waals surface area contributed by atoms with Gasteiger partial charge in [-0.05, 0) is 57.0 Å². The van der Waals surface area contributed by atoms with Crippen molar-refractivity contribution in [3.63, 3.8) is 0 Å². The van der Waals surface area contributed by atoms with Crippen molar-refractivity contribution in [1.29, 1.82) is 0 Å². The standard InChI is InChI=1S/C18H27NO3/c1-3-11-21-16-6-5-15(13-17(16)22-12-4-2)18(20)14-7-9-19-10-8-14/h5-6,13-14,19H,3-4,7-12H2,1-2H3. The predicted molar refractivity (Wildman–Crippen MR) is 87.9 cm³/mol. The highest BCUT2D eigenvalue weighted by Gasteiger charge is 2.23. The van der Waals surface area contributed by atoms with Gasteiger partial charge in [-0.2, -0.15) is 0 Å². The van der Waals surface area contributed by atoms with Crippen molar-refractivity contribution in [2.75, 3.05) is 26.3 Å².